The summed E-state index contributed by atoms with van der Waals surface area (Å²) in [7, 11) is -2.86. The molecule has 0 spiro atoms. The van der Waals surface area contributed by atoms with Crippen molar-refractivity contribution in [2.24, 2.45) is 0 Å². The van der Waals surface area contributed by atoms with E-state index in [2.05, 4.69) is 6.92 Å². The highest BCUT2D eigenvalue weighted by Crippen LogP contribution is 2.14. The van der Waals surface area contributed by atoms with Crippen molar-refractivity contribution >= 4 is 9.84 Å². The molecule has 0 saturated heterocycles. The van der Waals surface area contributed by atoms with Crippen LogP contribution in [0, 0.1) is 20.8 Å². The molecular formula is C10H17NO2S. The molecule has 80 valence electrons. The molecule has 1 heterocycles. The maximum Gasteiger partial charge on any atom is 0.149 e. The van der Waals surface area contributed by atoms with Gasteiger partial charge in [-0.2, -0.15) is 0 Å². The van der Waals surface area contributed by atoms with Gasteiger partial charge in [-0.15, -0.1) is 0 Å². The van der Waals surface area contributed by atoms with Crippen LogP contribution in [0.3, 0.4) is 0 Å². The van der Waals surface area contributed by atoms with E-state index in [1.807, 2.05) is 24.6 Å². The van der Waals surface area contributed by atoms with Gasteiger partial charge in [0.1, 0.15) is 9.84 Å². The zero-order chi connectivity index (χ0) is 10.9. The molecule has 1 rings (SSSR count). The summed E-state index contributed by atoms with van der Waals surface area (Å²) in [5.74, 6) is 0.210. The fourth-order valence-electron chi connectivity index (χ4n) is 1.42. The predicted molar refractivity (Wildman–Crippen MR) is 58.4 cm³/mol. The Balaban J connectivity index is 2.83. The molecule has 0 bridgehead atoms. The monoisotopic (exact) mass is 215 g/mol. The van der Waals surface area contributed by atoms with E-state index in [4.69, 9.17) is 0 Å². The maximum atomic E-state index is 11.0. The molecule has 4 heteroatoms. The number of aromatic nitrogens is 1. The van der Waals surface area contributed by atoms with Crippen molar-refractivity contribution in [1.29, 1.82) is 0 Å². The van der Waals surface area contributed by atoms with E-state index in [1.54, 1.807) is 0 Å². The first-order valence-electron chi connectivity index (χ1n) is 4.62. The quantitative estimate of drug-likeness (QED) is 0.765. The first-order chi connectivity index (χ1) is 6.31. The van der Waals surface area contributed by atoms with Crippen molar-refractivity contribution in [3.63, 3.8) is 0 Å². The molecule has 1 aromatic heterocycles. The summed E-state index contributed by atoms with van der Waals surface area (Å²) in [4.78, 5) is 0. The summed E-state index contributed by atoms with van der Waals surface area (Å²) in [6.45, 7) is 6.67. The summed E-state index contributed by atoms with van der Waals surface area (Å²) in [5.41, 5.74) is 3.63. The minimum Gasteiger partial charge on any atom is -0.350 e. The van der Waals surface area contributed by atoms with Crippen LogP contribution in [0.5, 0.6) is 0 Å². The normalized spacial score (nSPS) is 12.0. The summed E-state index contributed by atoms with van der Waals surface area (Å²) in [6, 6.07) is 0. The number of nitrogens with zero attached hydrogens (tertiary/aromatic N) is 1. The van der Waals surface area contributed by atoms with Gasteiger partial charge in [-0.25, -0.2) is 8.42 Å². The minimum absolute atomic E-state index is 0.210. The second-order valence-corrected chi connectivity index (χ2v) is 6.11. The Morgan fingerprint density at radius 2 is 1.86 bits per heavy atom. The van der Waals surface area contributed by atoms with Crippen LogP contribution in [0.4, 0.5) is 0 Å². The lowest BCUT2D eigenvalue weighted by atomic mass is 10.2. The smallest absolute Gasteiger partial charge is 0.149 e. The largest absolute Gasteiger partial charge is 0.350 e. The molecule has 0 aliphatic heterocycles. The number of aryl methyl sites for hydroxylation is 2. The number of hydrogen-bond acceptors (Lipinski definition) is 2. The molecular weight excluding hydrogens is 198 g/mol. The second kappa shape index (κ2) is 3.77. The van der Waals surface area contributed by atoms with E-state index in [-0.39, 0.29) is 5.75 Å². The lowest BCUT2D eigenvalue weighted by Crippen LogP contribution is -2.11. The zero-order valence-electron chi connectivity index (χ0n) is 9.16. The third-order valence-corrected chi connectivity index (χ3v) is 3.54. The van der Waals surface area contributed by atoms with Crippen LogP contribution in [-0.4, -0.2) is 25.0 Å². The van der Waals surface area contributed by atoms with Gasteiger partial charge in [0, 0.05) is 24.7 Å². The van der Waals surface area contributed by atoms with E-state index in [0.717, 1.165) is 5.69 Å². The molecule has 0 amide bonds. The SMILES string of the molecule is Cc1cn(CCS(C)(=O)=O)c(C)c1C. The molecule has 3 nitrogen and oxygen atoms in total. The lowest BCUT2D eigenvalue weighted by Gasteiger charge is -2.04. The fourth-order valence-corrected chi connectivity index (χ4v) is 1.95. The molecule has 0 saturated carbocycles. The lowest BCUT2D eigenvalue weighted by molar-refractivity contribution is 0.593. The third kappa shape index (κ3) is 2.61. The van der Waals surface area contributed by atoms with E-state index in [0.29, 0.717) is 6.54 Å². The van der Waals surface area contributed by atoms with Crippen molar-refractivity contribution in [2.75, 3.05) is 12.0 Å². The van der Waals surface area contributed by atoms with Crippen LogP contribution >= 0.6 is 0 Å². The average molecular weight is 215 g/mol. The van der Waals surface area contributed by atoms with Gasteiger partial charge in [-0.3, -0.25) is 0 Å². The highest BCUT2D eigenvalue weighted by molar-refractivity contribution is 7.90. The Hall–Kier alpha value is -0.770. The van der Waals surface area contributed by atoms with Crippen molar-refractivity contribution < 1.29 is 8.42 Å². The Labute approximate surface area is 85.7 Å². The maximum absolute atomic E-state index is 11.0. The van der Waals surface area contributed by atoms with Gasteiger partial charge in [-0.05, 0) is 31.9 Å². The van der Waals surface area contributed by atoms with Crippen molar-refractivity contribution in [2.45, 2.75) is 27.3 Å². The summed E-state index contributed by atoms with van der Waals surface area (Å²) < 4.78 is 24.0. The summed E-state index contributed by atoms with van der Waals surface area (Å²) in [6.07, 6.45) is 3.28. The van der Waals surface area contributed by atoms with E-state index < -0.39 is 9.84 Å². The van der Waals surface area contributed by atoms with E-state index in [1.165, 1.54) is 17.4 Å². The minimum atomic E-state index is -2.86. The van der Waals surface area contributed by atoms with E-state index >= 15 is 0 Å². The van der Waals surface area contributed by atoms with E-state index in [9.17, 15) is 8.42 Å². The van der Waals surface area contributed by atoms with Crippen LogP contribution in [0.25, 0.3) is 0 Å². The number of hydrogen-bond donors (Lipinski definition) is 0. The topological polar surface area (TPSA) is 39.1 Å². The van der Waals surface area contributed by atoms with Crippen molar-refractivity contribution in [1.82, 2.24) is 4.57 Å². The highest BCUT2D eigenvalue weighted by Gasteiger charge is 2.07. The molecule has 0 fully saturated rings. The molecule has 0 N–H and O–H groups in total. The Morgan fingerprint density at radius 1 is 1.29 bits per heavy atom. The van der Waals surface area contributed by atoms with Gasteiger partial charge >= 0.3 is 0 Å². The third-order valence-electron chi connectivity index (χ3n) is 2.62. The Bertz CT molecular complexity index is 429. The first kappa shape index (κ1) is 11.3. The highest BCUT2D eigenvalue weighted by atomic mass is 32.2. The first-order valence-corrected chi connectivity index (χ1v) is 6.68. The predicted octanol–water partition coefficient (Wildman–Crippen LogP) is 1.46. The van der Waals surface area contributed by atoms with Crippen LogP contribution in [0.1, 0.15) is 16.8 Å². The van der Waals surface area contributed by atoms with Gasteiger partial charge in [0.25, 0.3) is 0 Å². The number of sulfone groups is 1. The molecule has 1 aromatic rings. The van der Waals surface area contributed by atoms with Crippen LogP contribution in [0.15, 0.2) is 6.20 Å². The van der Waals surface area contributed by atoms with Crippen LogP contribution in [0.2, 0.25) is 0 Å². The van der Waals surface area contributed by atoms with Crippen LogP contribution < -0.4 is 0 Å². The van der Waals surface area contributed by atoms with Crippen molar-refractivity contribution in [3.05, 3.63) is 23.0 Å². The Morgan fingerprint density at radius 3 is 2.21 bits per heavy atom. The molecule has 0 radical (unpaired) electrons. The molecule has 14 heavy (non-hydrogen) atoms. The summed E-state index contributed by atoms with van der Waals surface area (Å²) >= 11 is 0. The number of rotatable bonds is 3. The van der Waals surface area contributed by atoms with Gasteiger partial charge in [-0.1, -0.05) is 0 Å². The van der Waals surface area contributed by atoms with Gasteiger partial charge < -0.3 is 4.57 Å². The average Bonchev–Trinajstić information content (AvgIpc) is 2.28. The van der Waals surface area contributed by atoms with Gasteiger partial charge in [0.05, 0.1) is 5.75 Å². The molecule has 0 aromatic carbocycles. The second-order valence-electron chi connectivity index (χ2n) is 3.85. The van der Waals surface area contributed by atoms with Crippen molar-refractivity contribution in [3.8, 4) is 0 Å². The molecule has 0 aliphatic carbocycles. The van der Waals surface area contributed by atoms with Gasteiger partial charge in [0.2, 0.25) is 0 Å². The molecule has 0 unspecified atom stereocenters. The standard InChI is InChI=1S/C10H17NO2S/c1-8-7-11(10(3)9(8)2)5-6-14(4,12)13/h7H,5-6H2,1-4H3. The van der Waals surface area contributed by atoms with Crippen LogP contribution in [-0.2, 0) is 16.4 Å². The molecule has 0 aliphatic rings. The molecule has 0 atom stereocenters. The summed E-state index contributed by atoms with van der Waals surface area (Å²) in [5, 5.41) is 0. The zero-order valence-corrected chi connectivity index (χ0v) is 9.98. The van der Waals surface area contributed by atoms with Gasteiger partial charge in [0.15, 0.2) is 0 Å². The Kier molecular flexibility index (Phi) is 3.04. The fraction of sp³-hybridized carbons (Fsp3) is 0.600.